The Kier molecular flexibility index (Phi) is 29.7. The second-order valence-corrected chi connectivity index (χ2v) is 37.2. The number of amides is 5. The van der Waals surface area contributed by atoms with Gasteiger partial charge in [-0.2, -0.15) is 15.3 Å². The summed E-state index contributed by atoms with van der Waals surface area (Å²) in [5, 5.41) is 37.1. The standard InChI is InChI=1S/C33H44N6O4.C27H35N7O2.C17H26N4.C16H20N2O5/c1-21-7-11-28(23-10-12-29-24(15-23)18-35-39(29)14-13-37(5)6)38(20-21)32(42)31(41)36-25-16-26(22-8-9-22)27(34-19-25)17-30(40)43-33(2,3)4;1-17-4-8-23(19-7-9-24-20(12-19)14-30-34(24)11-10-32(2)3)33(16-17)27(36)26(35)31-21-13-22(18-5-6-18)25(28)29-15-21;1-13-4-6-16(18-11-13)14-5-7-17-15(10-14)12-19-21(17)9-8-20(2)3;1-16(2,3)23-13(19)7-12-11(9-4-5-9)6-10(8-17-12)18-14(20)15(21)22/h10,12,15-16,18-19,21-22,28H,7-9,11,13-14,17,20H2,1-6H3,(H,36,41);7,9,12-15,17-18,23H,4-6,8,10-11,16H2,1-3H3,(H2,28,29)(H,31,35);5,7,10,12-13,16,18H,4,6,8-9,11H2,1-3H3;6,8-9H,4-5,7H2,1-3H3,(H,18,20)(H,21,22)/t21-,28+;17-,23+;13-,16+;/m000./s1. The van der Waals surface area contributed by atoms with Crippen LogP contribution in [0.2, 0.25) is 0 Å². The molecule has 3 aliphatic carbocycles. The number of carbonyl (C=O) groups is 8. The summed E-state index contributed by atoms with van der Waals surface area (Å²) in [6, 6.07) is 24.8. The number of nitrogen functional groups attached to an aromatic ring is 1. The number of aromatic nitrogens is 9. The molecule has 3 aromatic carbocycles. The van der Waals surface area contributed by atoms with Gasteiger partial charge in [0.25, 0.3) is 0 Å². The zero-order valence-electron chi connectivity index (χ0n) is 74.2. The number of benzene rings is 3. The first-order valence-corrected chi connectivity index (χ1v) is 43.5. The molecule has 0 bridgehead atoms. The molecule has 5 amide bonds. The number of carbonyl (C=O) groups excluding carboxylic acids is 7. The number of anilines is 4. The third-order valence-electron chi connectivity index (χ3n) is 23.1. The van der Waals surface area contributed by atoms with Crippen LogP contribution in [0.1, 0.15) is 220 Å². The van der Waals surface area contributed by atoms with Crippen LogP contribution in [0.4, 0.5) is 22.9 Å². The van der Waals surface area contributed by atoms with E-state index in [-0.39, 0.29) is 36.9 Å². The SMILES string of the molecule is CC(C)(C)OC(=O)Cc1ncc(NC(=O)C(=O)O)cc1C1CC1.C[C@H]1CC[C@H](c2ccc3c(cnn3CCN(C)C)c2)N(C(=O)C(=O)Nc2cnc(CC(=O)OC(C)(C)C)c(C3CC3)c2)C1.C[C@H]1CC[C@H](c2ccc3c(cnn3CCN(C)C)c2)N(C(=O)C(=O)Nc2cnc(N)c(C3CC3)c2)C1.C[C@H]1CC[C@H](c2ccc3c(cnn3CCN(C)C)c2)NC1. The Morgan fingerprint density at radius 2 is 0.813 bits per heavy atom. The number of ether oxygens (including phenoxy) is 2. The molecule has 7 N–H and O–H groups in total. The number of nitrogens with two attached hydrogens (primary N) is 1. The molecule has 30 nitrogen and oxygen atoms in total. The zero-order valence-corrected chi connectivity index (χ0v) is 74.2. The molecule has 6 fully saturated rings. The number of carboxylic acids is 1. The van der Waals surface area contributed by atoms with Gasteiger partial charge in [0.2, 0.25) is 0 Å². The topological polar surface area (TPSA) is 358 Å². The van der Waals surface area contributed by atoms with Crippen molar-refractivity contribution in [3.8, 4) is 0 Å². The number of pyridine rings is 3. The molecule has 3 aliphatic heterocycles. The number of piperidine rings is 3. The van der Waals surface area contributed by atoms with Crippen LogP contribution in [0, 0.1) is 17.8 Å². The first-order valence-electron chi connectivity index (χ1n) is 43.5. The Morgan fingerprint density at radius 1 is 0.455 bits per heavy atom. The summed E-state index contributed by atoms with van der Waals surface area (Å²) in [5.74, 6) is -2.85. The van der Waals surface area contributed by atoms with Gasteiger partial charge in [0.1, 0.15) is 17.0 Å². The van der Waals surface area contributed by atoms with Crippen LogP contribution in [-0.4, -0.2) is 214 Å². The summed E-state index contributed by atoms with van der Waals surface area (Å²) in [7, 11) is 12.4. The first kappa shape index (κ1) is 91.1. The average Bonchev–Trinajstić information content (AvgIpc) is 1.84. The van der Waals surface area contributed by atoms with Gasteiger partial charge in [-0.3, -0.25) is 57.6 Å². The van der Waals surface area contributed by atoms with Gasteiger partial charge in [-0.25, -0.2) is 9.78 Å². The number of nitrogens with one attached hydrogen (secondary N) is 4. The van der Waals surface area contributed by atoms with E-state index in [1.54, 1.807) is 36.6 Å². The van der Waals surface area contributed by atoms with Crippen molar-refractivity contribution in [3.05, 3.63) is 155 Å². The van der Waals surface area contributed by atoms with E-state index in [0.29, 0.717) is 83.0 Å². The Hall–Kier alpha value is -11.1. The Morgan fingerprint density at radius 3 is 1.18 bits per heavy atom. The summed E-state index contributed by atoms with van der Waals surface area (Å²) in [6.45, 7) is 25.0. The van der Waals surface area contributed by atoms with Crippen LogP contribution in [0.15, 0.2) is 110 Å². The number of aliphatic carboxylic acids is 1. The van der Waals surface area contributed by atoms with E-state index >= 15 is 0 Å². The molecule has 9 heterocycles. The largest absolute Gasteiger partial charge is 0.474 e. The highest BCUT2D eigenvalue weighted by Gasteiger charge is 2.39. The van der Waals surface area contributed by atoms with E-state index in [1.165, 1.54) is 47.9 Å². The first-order chi connectivity index (χ1) is 58.5. The number of hydrogen-bond acceptors (Lipinski definition) is 21. The third-order valence-corrected chi connectivity index (χ3v) is 23.1. The van der Waals surface area contributed by atoms with Crippen molar-refractivity contribution in [1.29, 1.82) is 0 Å². The van der Waals surface area contributed by atoms with E-state index < -0.39 is 46.7 Å². The molecule has 15 rings (SSSR count). The van der Waals surface area contributed by atoms with Crippen LogP contribution in [0.3, 0.4) is 0 Å². The van der Waals surface area contributed by atoms with Crippen molar-refractivity contribution in [2.45, 2.75) is 219 Å². The lowest BCUT2D eigenvalue weighted by Crippen LogP contribution is -2.46. The smallest absolute Gasteiger partial charge is 0.394 e. The van der Waals surface area contributed by atoms with E-state index in [1.807, 2.05) is 89.0 Å². The molecule has 6 aliphatic rings. The highest BCUT2D eigenvalue weighted by molar-refractivity contribution is 6.40. The molecule has 30 heteroatoms. The minimum atomic E-state index is -1.56. The quantitative estimate of drug-likeness (QED) is 0.0271. The van der Waals surface area contributed by atoms with Crippen LogP contribution < -0.4 is 27.0 Å². The maximum absolute atomic E-state index is 13.6. The third kappa shape index (κ3) is 25.3. The summed E-state index contributed by atoms with van der Waals surface area (Å²) in [4.78, 5) is 122. The van der Waals surface area contributed by atoms with E-state index in [0.717, 1.165) is 166 Å². The van der Waals surface area contributed by atoms with Crippen molar-refractivity contribution in [1.82, 2.24) is 74.1 Å². The number of hydrogen-bond donors (Lipinski definition) is 6. The van der Waals surface area contributed by atoms with Crippen LogP contribution in [-0.2, 0) is 80.3 Å². The summed E-state index contributed by atoms with van der Waals surface area (Å²) in [6.07, 6.45) is 22.5. The number of fused-ring (bicyclic) bond motifs is 3. The minimum absolute atomic E-state index is 0.0518. The van der Waals surface area contributed by atoms with Gasteiger partial charge < -0.3 is 66.1 Å². The molecular weight excluding hydrogens is 1560 g/mol. The molecule has 658 valence electrons. The van der Waals surface area contributed by atoms with Crippen molar-refractivity contribution in [2.24, 2.45) is 17.8 Å². The normalized spacial score (nSPS) is 19.2. The van der Waals surface area contributed by atoms with E-state index in [9.17, 15) is 38.4 Å². The lowest BCUT2D eigenvalue weighted by Gasteiger charge is -2.38. The van der Waals surface area contributed by atoms with E-state index in [2.05, 4.69) is 160 Å². The lowest BCUT2D eigenvalue weighted by atomic mass is 9.89. The molecule has 6 atom stereocenters. The molecule has 3 saturated carbocycles. The Balaban J connectivity index is 0.000000156. The Bertz CT molecular complexity index is 5270. The maximum atomic E-state index is 13.6. The summed E-state index contributed by atoms with van der Waals surface area (Å²) in [5.41, 5.74) is 17.0. The zero-order chi connectivity index (χ0) is 88.3. The molecule has 9 aromatic rings. The van der Waals surface area contributed by atoms with Gasteiger partial charge in [-0.15, -0.1) is 0 Å². The highest BCUT2D eigenvalue weighted by Crippen LogP contribution is 2.46. The molecular formula is C93H125N19O11. The molecule has 123 heavy (non-hydrogen) atoms. The lowest BCUT2D eigenvalue weighted by molar-refractivity contribution is -0.155. The molecule has 0 unspecified atom stereocenters. The van der Waals surface area contributed by atoms with Crippen molar-refractivity contribution >= 4 is 103 Å². The van der Waals surface area contributed by atoms with Gasteiger partial charge in [-0.1, -0.05) is 39.0 Å². The van der Waals surface area contributed by atoms with Crippen molar-refractivity contribution in [3.63, 3.8) is 0 Å². The van der Waals surface area contributed by atoms with Crippen LogP contribution >= 0.6 is 0 Å². The second-order valence-electron chi connectivity index (χ2n) is 37.2. The molecule has 3 saturated heterocycles. The summed E-state index contributed by atoms with van der Waals surface area (Å²) < 4.78 is 16.9. The molecule has 0 spiro atoms. The number of nitrogens with zero attached hydrogens (tertiary/aromatic N) is 14. The average molecular weight is 1690 g/mol. The predicted molar refractivity (Wildman–Crippen MR) is 475 cm³/mol. The number of likely N-dealkylation sites (N-methyl/N-ethyl adjacent to an activating group) is 3. The second kappa shape index (κ2) is 40.1. The number of carboxylic acid groups (broad SMARTS) is 1. The fraction of sp³-hybridized carbons (Fsp3) is 0.527. The van der Waals surface area contributed by atoms with Gasteiger partial charge in [0.05, 0.1) is 127 Å². The van der Waals surface area contributed by atoms with Gasteiger partial charge in [-0.05, 0) is 291 Å². The van der Waals surface area contributed by atoms with Crippen LogP contribution in [0.5, 0.6) is 0 Å². The Labute approximate surface area is 721 Å². The predicted octanol–water partition coefficient (Wildman–Crippen LogP) is 12.6. The number of rotatable bonds is 22. The van der Waals surface area contributed by atoms with E-state index in [4.69, 9.17) is 20.3 Å². The highest BCUT2D eigenvalue weighted by atomic mass is 16.6. The summed E-state index contributed by atoms with van der Waals surface area (Å²) >= 11 is 0. The van der Waals surface area contributed by atoms with Crippen molar-refractivity contribution < 1.29 is 52.9 Å². The number of likely N-dealkylation sites (tertiary alicyclic amines) is 2. The fourth-order valence-electron chi connectivity index (χ4n) is 16.2. The number of esters is 2. The monoisotopic (exact) mass is 1680 g/mol. The maximum Gasteiger partial charge on any atom is 0.394 e. The van der Waals surface area contributed by atoms with Crippen molar-refractivity contribution in [2.75, 3.05) is 103 Å². The van der Waals surface area contributed by atoms with Gasteiger partial charge in [0, 0.05) is 54.9 Å². The molecule has 6 aromatic heterocycles. The van der Waals surface area contributed by atoms with Gasteiger partial charge in [0.15, 0.2) is 0 Å². The van der Waals surface area contributed by atoms with Crippen LogP contribution in [0.25, 0.3) is 32.7 Å². The minimum Gasteiger partial charge on any atom is -0.474 e. The molecule has 0 radical (unpaired) electrons. The van der Waals surface area contributed by atoms with Gasteiger partial charge >= 0.3 is 47.4 Å². The fourth-order valence-corrected chi connectivity index (χ4v) is 16.2.